The van der Waals surface area contributed by atoms with Crippen molar-refractivity contribution in [2.75, 3.05) is 5.73 Å². The van der Waals surface area contributed by atoms with Gasteiger partial charge in [-0.25, -0.2) is 4.98 Å². The summed E-state index contributed by atoms with van der Waals surface area (Å²) in [5.41, 5.74) is 5.13. The summed E-state index contributed by atoms with van der Waals surface area (Å²) in [6, 6.07) is 3.78. The van der Waals surface area contributed by atoms with Crippen molar-refractivity contribution in [1.29, 1.82) is 0 Å². The summed E-state index contributed by atoms with van der Waals surface area (Å²) in [5, 5.41) is 16.1. The first-order valence-electron chi connectivity index (χ1n) is 6.07. The number of benzene rings is 1. The van der Waals surface area contributed by atoms with Crippen molar-refractivity contribution in [3.05, 3.63) is 50.5 Å². The number of nitrogens with zero attached hydrogens (tertiary/aromatic N) is 2. The van der Waals surface area contributed by atoms with E-state index in [1.54, 1.807) is 20.0 Å². The molecule has 2 rings (SSSR count). The van der Waals surface area contributed by atoms with Gasteiger partial charge in [-0.15, -0.1) is 11.3 Å². The molecule has 0 radical (unpaired) electrons. The number of anilines is 1. The van der Waals surface area contributed by atoms with E-state index in [-0.39, 0.29) is 16.9 Å². The van der Waals surface area contributed by atoms with Crippen LogP contribution in [0.5, 0.6) is 0 Å². The molecule has 2 aromatic rings. The molecule has 0 fully saturated rings. The molecule has 0 aliphatic rings. The molecule has 0 saturated carbocycles. The molecule has 7 nitrogen and oxygen atoms in total. The van der Waals surface area contributed by atoms with Crippen molar-refractivity contribution >= 4 is 28.6 Å². The maximum Gasteiger partial charge on any atom is 0.270 e. The third-order valence-corrected chi connectivity index (χ3v) is 3.98. The fourth-order valence-corrected chi connectivity index (χ4v) is 2.51. The largest absolute Gasteiger partial charge is 0.398 e. The van der Waals surface area contributed by atoms with Crippen LogP contribution in [0.3, 0.4) is 0 Å². The average molecular weight is 306 g/mol. The van der Waals surface area contributed by atoms with Crippen LogP contribution in [0, 0.1) is 10.1 Å². The highest BCUT2D eigenvalue weighted by molar-refractivity contribution is 7.09. The Labute approximate surface area is 125 Å². The minimum atomic E-state index is -0.692. The standard InChI is InChI=1S/C13H14N4O3S/c1-13(2,12-15-5-6-21-12)16-11(18)9-7-8(17(19)20)3-4-10(9)14/h3-7H,14H2,1-2H3,(H,16,18). The van der Waals surface area contributed by atoms with Gasteiger partial charge in [-0.1, -0.05) is 0 Å². The van der Waals surface area contributed by atoms with Crippen LogP contribution in [-0.4, -0.2) is 15.8 Å². The van der Waals surface area contributed by atoms with Crippen molar-refractivity contribution in [1.82, 2.24) is 10.3 Å². The quantitative estimate of drug-likeness (QED) is 0.511. The number of hydrogen-bond donors (Lipinski definition) is 2. The zero-order valence-electron chi connectivity index (χ0n) is 11.5. The number of rotatable bonds is 4. The summed E-state index contributed by atoms with van der Waals surface area (Å²) in [5.74, 6) is -0.476. The molecule has 1 heterocycles. The van der Waals surface area contributed by atoms with Gasteiger partial charge in [-0.2, -0.15) is 0 Å². The molecule has 0 bridgehead atoms. The molecule has 21 heavy (non-hydrogen) atoms. The minimum Gasteiger partial charge on any atom is -0.398 e. The van der Waals surface area contributed by atoms with Gasteiger partial charge >= 0.3 is 0 Å². The molecule has 0 spiro atoms. The zero-order valence-corrected chi connectivity index (χ0v) is 12.3. The van der Waals surface area contributed by atoms with Gasteiger partial charge in [0, 0.05) is 29.4 Å². The van der Waals surface area contributed by atoms with Gasteiger partial charge in [0.2, 0.25) is 0 Å². The Morgan fingerprint density at radius 2 is 2.19 bits per heavy atom. The van der Waals surface area contributed by atoms with Crippen molar-refractivity contribution in [3.63, 3.8) is 0 Å². The van der Waals surface area contributed by atoms with Gasteiger partial charge in [-0.05, 0) is 19.9 Å². The second-order valence-electron chi connectivity index (χ2n) is 4.95. The first-order valence-corrected chi connectivity index (χ1v) is 6.95. The Kier molecular flexibility index (Phi) is 3.90. The molecule has 0 aliphatic carbocycles. The lowest BCUT2D eigenvalue weighted by Gasteiger charge is -2.24. The van der Waals surface area contributed by atoms with Gasteiger partial charge < -0.3 is 11.1 Å². The van der Waals surface area contributed by atoms with Crippen molar-refractivity contribution < 1.29 is 9.72 Å². The number of nitrogen functional groups attached to an aromatic ring is 1. The lowest BCUT2D eigenvalue weighted by molar-refractivity contribution is -0.384. The number of hydrogen-bond acceptors (Lipinski definition) is 6. The van der Waals surface area contributed by atoms with Crippen molar-refractivity contribution in [2.45, 2.75) is 19.4 Å². The Morgan fingerprint density at radius 1 is 1.48 bits per heavy atom. The van der Waals surface area contributed by atoms with E-state index in [0.717, 1.165) is 5.01 Å². The summed E-state index contributed by atoms with van der Waals surface area (Å²) in [6.45, 7) is 3.61. The molecule has 0 aliphatic heterocycles. The number of nitro benzene ring substituents is 1. The van der Waals surface area contributed by atoms with Crippen LogP contribution in [0.1, 0.15) is 29.2 Å². The molecule has 0 saturated heterocycles. The van der Waals surface area contributed by atoms with Gasteiger partial charge in [0.25, 0.3) is 11.6 Å². The molecular weight excluding hydrogens is 292 g/mol. The van der Waals surface area contributed by atoms with E-state index in [4.69, 9.17) is 5.73 Å². The zero-order chi connectivity index (χ0) is 15.6. The summed E-state index contributed by atoms with van der Waals surface area (Å²) in [4.78, 5) is 26.7. The number of amides is 1. The fraction of sp³-hybridized carbons (Fsp3) is 0.231. The minimum absolute atomic E-state index is 0.0776. The molecule has 3 N–H and O–H groups in total. The first kappa shape index (κ1) is 14.9. The molecule has 1 amide bonds. The predicted molar refractivity (Wildman–Crippen MR) is 80.1 cm³/mol. The molecule has 1 aromatic heterocycles. The summed E-state index contributed by atoms with van der Waals surface area (Å²) in [7, 11) is 0. The molecule has 8 heteroatoms. The van der Waals surface area contributed by atoms with Crippen LogP contribution in [0.4, 0.5) is 11.4 Å². The van der Waals surface area contributed by atoms with Gasteiger partial charge in [0.05, 0.1) is 16.0 Å². The van der Waals surface area contributed by atoms with Crippen LogP contribution in [-0.2, 0) is 5.54 Å². The molecule has 0 unspecified atom stereocenters. The molecule has 1 aromatic carbocycles. The SMILES string of the molecule is CC(C)(NC(=O)c1cc([N+](=O)[O-])ccc1N)c1nccs1. The summed E-state index contributed by atoms with van der Waals surface area (Å²) in [6.07, 6.45) is 1.65. The Morgan fingerprint density at radius 3 is 2.76 bits per heavy atom. The van der Waals surface area contributed by atoms with E-state index >= 15 is 0 Å². The normalized spacial score (nSPS) is 11.1. The average Bonchev–Trinajstić information content (AvgIpc) is 2.92. The Hall–Kier alpha value is -2.48. The van der Waals surface area contributed by atoms with Crippen LogP contribution in [0.2, 0.25) is 0 Å². The molecular formula is C13H14N4O3S. The van der Waals surface area contributed by atoms with Gasteiger partial charge in [0.15, 0.2) is 0 Å². The number of nitrogens with two attached hydrogens (primary N) is 1. The number of thiazole rings is 1. The number of carbonyl (C=O) groups excluding carboxylic acids is 1. The highest BCUT2D eigenvalue weighted by atomic mass is 32.1. The maximum absolute atomic E-state index is 12.3. The highest BCUT2D eigenvalue weighted by Crippen LogP contribution is 2.25. The molecule has 0 atom stereocenters. The maximum atomic E-state index is 12.3. The predicted octanol–water partition coefficient (Wildman–Crippen LogP) is 2.30. The number of non-ortho nitro benzene ring substituents is 1. The van der Waals surface area contributed by atoms with E-state index in [9.17, 15) is 14.9 Å². The van der Waals surface area contributed by atoms with E-state index in [1.165, 1.54) is 29.5 Å². The fourth-order valence-electron chi connectivity index (χ4n) is 1.79. The van der Waals surface area contributed by atoms with E-state index in [2.05, 4.69) is 10.3 Å². The van der Waals surface area contributed by atoms with E-state index in [1.807, 2.05) is 5.38 Å². The van der Waals surface area contributed by atoms with Crippen molar-refractivity contribution in [2.24, 2.45) is 0 Å². The third-order valence-electron chi connectivity index (χ3n) is 2.89. The van der Waals surface area contributed by atoms with Crippen LogP contribution >= 0.6 is 11.3 Å². The monoisotopic (exact) mass is 306 g/mol. The topological polar surface area (TPSA) is 111 Å². The van der Waals surface area contributed by atoms with Crippen LogP contribution in [0.15, 0.2) is 29.8 Å². The number of nitro groups is 1. The summed E-state index contributed by atoms with van der Waals surface area (Å²) >= 11 is 1.41. The van der Waals surface area contributed by atoms with Gasteiger partial charge in [-0.3, -0.25) is 14.9 Å². The number of carbonyl (C=O) groups is 1. The highest BCUT2D eigenvalue weighted by Gasteiger charge is 2.27. The van der Waals surface area contributed by atoms with Crippen LogP contribution < -0.4 is 11.1 Å². The smallest absolute Gasteiger partial charge is 0.270 e. The van der Waals surface area contributed by atoms with Crippen LogP contribution in [0.25, 0.3) is 0 Å². The van der Waals surface area contributed by atoms with Crippen molar-refractivity contribution in [3.8, 4) is 0 Å². The summed E-state index contributed by atoms with van der Waals surface area (Å²) < 4.78 is 0. The molecule has 110 valence electrons. The second-order valence-corrected chi connectivity index (χ2v) is 5.84. The first-order chi connectivity index (χ1) is 9.81. The Balaban J connectivity index is 2.28. The number of nitrogens with one attached hydrogen (secondary N) is 1. The van der Waals surface area contributed by atoms with E-state index in [0.29, 0.717) is 0 Å². The lowest BCUT2D eigenvalue weighted by Crippen LogP contribution is -2.41. The van der Waals surface area contributed by atoms with E-state index < -0.39 is 16.4 Å². The second kappa shape index (κ2) is 5.49. The van der Waals surface area contributed by atoms with Gasteiger partial charge in [0.1, 0.15) is 5.01 Å². The lowest BCUT2D eigenvalue weighted by atomic mass is 10.0. The number of aromatic nitrogens is 1. The third kappa shape index (κ3) is 3.16. The Bertz CT molecular complexity index is 683.